The number of hydrogen-bond donors (Lipinski definition) is 1. The zero-order valence-electron chi connectivity index (χ0n) is 7.88. The highest BCUT2D eigenvalue weighted by atomic mass is 16.5. The normalized spacial score (nSPS) is 13.5. The lowest BCUT2D eigenvalue weighted by Crippen LogP contribution is -1.96. The summed E-state index contributed by atoms with van der Waals surface area (Å²) < 4.78 is 5.31. The Morgan fingerprint density at radius 1 is 1.40 bits per heavy atom. The number of nitrogens with zero attached hydrogens (tertiary/aromatic N) is 1. The lowest BCUT2D eigenvalue weighted by Gasteiger charge is -2.00. The molecule has 0 radical (unpaired) electrons. The molecule has 1 N–H and O–H groups in total. The molecular weight excluding hydrogens is 194 g/mol. The smallest absolute Gasteiger partial charge is 0.309 e. The lowest BCUT2D eigenvalue weighted by molar-refractivity contribution is -0.136. The van der Waals surface area contributed by atoms with Gasteiger partial charge in [0.1, 0.15) is 12.0 Å². The van der Waals surface area contributed by atoms with Crippen LogP contribution in [-0.2, 0) is 4.79 Å². The Bertz CT molecular complexity index is 449. The number of carboxylic acids is 1. The van der Waals surface area contributed by atoms with Crippen molar-refractivity contribution < 1.29 is 14.6 Å². The first kappa shape index (κ1) is 9.45. The van der Waals surface area contributed by atoms with Gasteiger partial charge in [-0.05, 0) is 12.1 Å². The molecule has 0 fully saturated rings. The molecule has 0 atom stereocenters. The lowest BCUT2D eigenvalue weighted by atomic mass is 10.2. The van der Waals surface area contributed by atoms with Crippen LogP contribution in [0.3, 0.4) is 0 Å². The minimum Gasteiger partial charge on any atom is -0.481 e. The van der Waals surface area contributed by atoms with Gasteiger partial charge in [-0.25, -0.2) is 0 Å². The third kappa shape index (κ3) is 2.22. The quantitative estimate of drug-likeness (QED) is 0.797. The standard InChI is InChI=1S/C11H9NO3/c13-11(14)5-9-7-15-10-4-2-1-3-8(10)6-12-9/h1-4,6-7H,5H2,(H,13,14). The van der Waals surface area contributed by atoms with E-state index in [1.165, 1.54) is 6.26 Å². The van der Waals surface area contributed by atoms with Crippen molar-refractivity contribution in [1.82, 2.24) is 0 Å². The Morgan fingerprint density at radius 2 is 2.20 bits per heavy atom. The second-order valence-corrected chi connectivity index (χ2v) is 3.09. The fraction of sp³-hybridized carbons (Fsp3) is 0.0909. The number of carbonyl (C=O) groups is 1. The summed E-state index contributed by atoms with van der Waals surface area (Å²) in [4.78, 5) is 14.5. The second kappa shape index (κ2) is 3.96. The molecule has 0 aliphatic carbocycles. The second-order valence-electron chi connectivity index (χ2n) is 3.09. The van der Waals surface area contributed by atoms with Crippen LogP contribution < -0.4 is 4.74 Å². The van der Waals surface area contributed by atoms with Gasteiger partial charge in [-0.15, -0.1) is 0 Å². The van der Waals surface area contributed by atoms with Gasteiger partial charge in [0.2, 0.25) is 0 Å². The molecule has 0 aromatic heterocycles. The van der Waals surface area contributed by atoms with E-state index >= 15 is 0 Å². The summed E-state index contributed by atoms with van der Waals surface area (Å²) >= 11 is 0. The van der Waals surface area contributed by atoms with Crippen LogP contribution in [-0.4, -0.2) is 17.3 Å². The van der Waals surface area contributed by atoms with Gasteiger partial charge in [0.05, 0.1) is 12.1 Å². The molecule has 15 heavy (non-hydrogen) atoms. The number of hydrogen-bond acceptors (Lipinski definition) is 3. The SMILES string of the molecule is O=C(O)CC1=COc2ccccc2C=N1. The average Bonchev–Trinajstić information content (AvgIpc) is 2.41. The maximum absolute atomic E-state index is 10.5. The van der Waals surface area contributed by atoms with E-state index in [0.29, 0.717) is 11.4 Å². The molecule has 1 heterocycles. The molecule has 0 unspecified atom stereocenters. The highest BCUT2D eigenvalue weighted by Gasteiger charge is 2.08. The third-order valence-corrected chi connectivity index (χ3v) is 1.94. The Morgan fingerprint density at radius 3 is 3.00 bits per heavy atom. The fourth-order valence-corrected chi connectivity index (χ4v) is 1.25. The first-order valence-electron chi connectivity index (χ1n) is 4.46. The zero-order chi connectivity index (χ0) is 10.7. The van der Waals surface area contributed by atoms with Crippen molar-refractivity contribution in [2.24, 2.45) is 4.99 Å². The molecule has 2 rings (SSSR count). The van der Waals surface area contributed by atoms with Gasteiger partial charge in [-0.1, -0.05) is 12.1 Å². The Labute approximate surface area is 86.5 Å². The van der Waals surface area contributed by atoms with Crippen LogP contribution >= 0.6 is 0 Å². The molecule has 0 bridgehead atoms. The van der Waals surface area contributed by atoms with Crippen LogP contribution in [0.5, 0.6) is 5.75 Å². The molecule has 76 valence electrons. The van der Waals surface area contributed by atoms with E-state index in [9.17, 15) is 4.79 Å². The number of benzene rings is 1. The molecule has 0 spiro atoms. The van der Waals surface area contributed by atoms with E-state index in [4.69, 9.17) is 9.84 Å². The molecule has 1 aromatic carbocycles. The maximum Gasteiger partial charge on any atom is 0.309 e. The van der Waals surface area contributed by atoms with Crippen molar-refractivity contribution in [3.05, 3.63) is 41.8 Å². The summed E-state index contributed by atoms with van der Waals surface area (Å²) in [6, 6.07) is 7.39. The topological polar surface area (TPSA) is 58.9 Å². The van der Waals surface area contributed by atoms with E-state index in [1.54, 1.807) is 6.21 Å². The summed E-state index contributed by atoms with van der Waals surface area (Å²) in [5.41, 5.74) is 1.24. The average molecular weight is 203 g/mol. The van der Waals surface area contributed by atoms with Gasteiger partial charge in [0.15, 0.2) is 0 Å². The van der Waals surface area contributed by atoms with Gasteiger partial charge < -0.3 is 9.84 Å². The largest absolute Gasteiger partial charge is 0.481 e. The minimum atomic E-state index is -0.923. The van der Waals surface area contributed by atoms with Crippen molar-refractivity contribution in [3.8, 4) is 5.75 Å². The van der Waals surface area contributed by atoms with E-state index in [-0.39, 0.29) is 6.42 Å². The van der Waals surface area contributed by atoms with E-state index in [2.05, 4.69) is 4.99 Å². The number of rotatable bonds is 2. The molecule has 4 nitrogen and oxygen atoms in total. The number of fused-ring (bicyclic) bond motifs is 1. The third-order valence-electron chi connectivity index (χ3n) is 1.94. The van der Waals surface area contributed by atoms with Crippen LogP contribution in [0.2, 0.25) is 0 Å². The number of ether oxygens (including phenoxy) is 1. The minimum absolute atomic E-state index is 0.134. The first-order valence-corrected chi connectivity index (χ1v) is 4.46. The van der Waals surface area contributed by atoms with E-state index in [0.717, 1.165) is 5.56 Å². The molecule has 1 aliphatic heterocycles. The predicted octanol–water partition coefficient (Wildman–Crippen LogP) is 1.81. The van der Waals surface area contributed by atoms with Crippen molar-refractivity contribution in [2.45, 2.75) is 6.42 Å². The van der Waals surface area contributed by atoms with Crippen LogP contribution in [0, 0.1) is 0 Å². The monoisotopic (exact) mass is 203 g/mol. The van der Waals surface area contributed by atoms with Crippen LogP contribution in [0.25, 0.3) is 0 Å². The molecule has 0 amide bonds. The number of para-hydroxylation sites is 1. The van der Waals surface area contributed by atoms with Gasteiger partial charge in [-0.3, -0.25) is 9.79 Å². The molecule has 0 saturated carbocycles. The highest BCUT2D eigenvalue weighted by Crippen LogP contribution is 2.20. The summed E-state index contributed by atoms with van der Waals surface area (Å²) in [5.74, 6) is -0.241. The fourth-order valence-electron chi connectivity index (χ4n) is 1.25. The van der Waals surface area contributed by atoms with Crippen molar-refractivity contribution in [3.63, 3.8) is 0 Å². The Hall–Kier alpha value is -2.10. The Balaban J connectivity index is 2.25. The molecular formula is C11H9NO3. The van der Waals surface area contributed by atoms with Gasteiger partial charge in [-0.2, -0.15) is 0 Å². The Kier molecular flexibility index (Phi) is 2.49. The zero-order valence-corrected chi connectivity index (χ0v) is 7.88. The number of aliphatic carboxylic acids is 1. The van der Waals surface area contributed by atoms with Gasteiger partial charge >= 0.3 is 5.97 Å². The van der Waals surface area contributed by atoms with E-state index < -0.39 is 5.97 Å². The number of aliphatic imine (C=N–C) groups is 1. The summed E-state index contributed by atoms with van der Waals surface area (Å²) in [6.07, 6.45) is 2.85. The van der Waals surface area contributed by atoms with Crippen LogP contribution in [0.15, 0.2) is 41.2 Å². The van der Waals surface area contributed by atoms with Crippen LogP contribution in [0.4, 0.5) is 0 Å². The first-order chi connectivity index (χ1) is 7.25. The van der Waals surface area contributed by atoms with E-state index in [1.807, 2.05) is 24.3 Å². The summed E-state index contributed by atoms with van der Waals surface area (Å²) in [7, 11) is 0. The molecule has 1 aliphatic rings. The molecule has 1 aromatic rings. The predicted molar refractivity (Wildman–Crippen MR) is 55.0 cm³/mol. The molecule has 0 saturated heterocycles. The van der Waals surface area contributed by atoms with Gasteiger partial charge in [0, 0.05) is 11.8 Å². The van der Waals surface area contributed by atoms with Crippen molar-refractivity contribution in [1.29, 1.82) is 0 Å². The van der Waals surface area contributed by atoms with Crippen molar-refractivity contribution >= 4 is 12.2 Å². The van der Waals surface area contributed by atoms with Crippen molar-refractivity contribution in [2.75, 3.05) is 0 Å². The number of carboxylic acid groups (broad SMARTS) is 1. The van der Waals surface area contributed by atoms with Gasteiger partial charge in [0.25, 0.3) is 0 Å². The highest BCUT2D eigenvalue weighted by molar-refractivity contribution is 5.85. The maximum atomic E-state index is 10.5. The summed E-state index contributed by atoms with van der Waals surface area (Å²) in [5, 5.41) is 8.60. The molecule has 4 heteroatoms. The van der Waals surface area contributed by atoms with Crippen LogP contribution in [0.1, 0.15) is 12.0 Å². The summed E-state index contributed by atoms with van der Waals surface area (Å²) in [6.45, 7) is 0.